The first-order valence-corrected chi connectivity index (χ1v) is 9.40. The van der Waals surface area contributed by atoms with Crippen molar-refractivity contribution in [2.24, 2.45) is 0 Å². The Kier molecular flexibility index (Phi) is 4.20. The first kappa shape index (κ1) is 14.7. The number of likely N-dealkylation sites (tertiary alicyclic amines) is 1. The number of hydrogen-bond donors (Lipinski definition) is 0. The second-order valence-electron chi connectivity index (χ2n) is 6.29. The van der Waals surface area contributed by atoms with Crippen molar-refractivity contribution in [2.75, 3.05) is 31.1 Å². The van der Waals surface area contributed by atoms with Crippen molar-refractivity contribution in [3.8, 4) is 0 Å². The van der Waals surface area contributed by atoms with Gasteiger partial charge in [0.2, 0.25) is 0 Å². The average molecular weight is 337 g/mol. The maximum atomic E-state index is 6.02. The van der Waals surface area contributed by atoms with E-state index in [1.165, 1.54) is 45.2 Å². The van der Waals surface area contributed by atoms with E-state index in [0.717, 1.165) is 34.6 Å². The molecule has 0 saturated carbocycles. The van der Waals surface area contributed by atoms with Crippen LogP contribution in [0.5, 0.6) is 0 Å². The topological polar surface area (TPSA) is 32.3 Å². The molecular weight excluding hydrogens is 316 g/mol. The van der Waals surface area contributed by atoms with Crippen LogP contribution in [0.2, 0.25) is 5.02 Å². The Morgan fingerprint density at radius 2 is 1.86 bits per heavy atom. The molecule has 22 heavy (non-hydrogen) atoms. The highest BCUT2D eigenvalue weighted by Gasteiger charge is 2.26. The van der Waals surface area contributed by atoms with Gasteiger partial charge in [-0.2, -0.15) is 4.98 Å². The van der Waals surface area contributed by atoms with Crippen molar-refractivity contribution >= 4 is 38.4 Å². The van der Waals surface area contributed by atoms with E-state index in [1.54, 1.807) is 17.5 Å². The lowest BCUT2D eigenvalue weighted by Crippen LogP contribution is -2.46. The average Bonchev–Trinajstić information content (AvgIpc) is 2.99. The van der Waals surface area contributed by atoms with Gasteiger partial charge in [-0.15, -0.1) is 0 Å². The molecule has 2 saturated heterocycles. The minimum Gasteiger partial charge on any atom is -0.348 e. The molecule has 4 nitrogen and oxygen atoms in total. The van der Waals surface area contributed by atoms with Gasteiger partial charge < -0.3 is 9.80 Å². The lowest BCUT2D eigenvalue weighted by atomic mass is 10.0. The summed E-state index contributed by atoms with van der Waals surface area (Å²) in [5.41, 5.74) is 0.822. The van der Waals surface area contributed by atoms with Gasteiger partial charge >= 0.3 is 0 Å². The summed E-state index contributed by atoms with van der Waals surface area (Å²) in [5.74, 6) is 0. The molecule has 4 heterocycles. The summed E-state index contributed by atoms with van der Waals surface area (Å²) in [5, 5.41) is 1.79. The van der Waals surface area contributed by atoms with Gasteiger partial charge in [-0.05, 0) is 44.8 Å². The van der Waals surface area contributed by atoms with Gasteiger partial charge in [0.05, 0.1) is 9.72 Å². The summed E-state index contributed by atoms with van der Waals surface area (Å²) in [6, 6.07) is 2.74. The van der Waals surface area contributed by atoms with Crippen LogP contribution in [-0.4, -0.2) is 47.1 Å². The van der Waals surface area contributed by atoms with Crippen molar-refractivity contribution in [3.63, 3.8) is 0 Å². The Bertz CT molecular complexity index is 645. The Morgan fingerprint density at radius 3 is 2.64 bits per heavy atom. The normalized spacial score (nSPS) is 21.6. The van der Waals surface area contributed by atoms with Gasteiger partial charge in [0, 0.05) is 25.3 Å². The van der Waals surface area contributed by atoms with E-state index in [-0.39, 0.29) is 0 Å². The van der Waals surface area contributed by atoms with Crippen molar-refractivity contribution in [2.45, 2.75) is 38.1 Å². The first-order valence-electron chi connectivity index (χ1n) is 8.21. The van der Waals surface area contributed by atoms with Crippen LogP contribution < -0.4 is 4.90 Å². The highest BCUT2D eigenvalue weighted by Crippen LogP contribution is 2.31. The second-order valence-corrected chi connectivity index (χ2v) is 7.73. The van der Waals surface area contributed by atoms with Crippen molar-refractivity contribution in [1.82, 2.24) is 14.9 Å². The minimum atomic E-state index is 0.687. The lowest BCUT2D eigenvalue weighted by molar-refractivity contribution is 0.141. The summed E-state index contributed by atoms with van der Waals surface area (Å²) >= 11 is 7.73. The van der Waals surface area contributed by atoms with E-state index >= 15 is 0 Å². The number of anilines is 1. The maximum absolute atomic E-state index is 6.02. The number of rotatable bonds is 2. The monoisotopic (exact) mass is 336 g/mol. The molecule has 2 fully saturated rings. The molecule has 0 unspecified atom stereocenters. The zero-order chi connectivity index (χ0) is 14.9. The van der Waals surface area contributed by atoms with E-state index in [9.17, 15) is 0 Å². The molecule has 4 rings (SSSR count). The van der Waals surface area contributed by atoms with E-state index in [2.05, 4.69) is 19.8 Å². The molecule has 0 amide bonds. The number of pyridine rings is 1. The van der Waals surface area contributed by atoms with Crippen LogP contribution in [0, 0.1) is 0 Å². The van der Waals surface area contributed by atoms with Crippen LogP contribution in [0.25, 0.3) is 10.3 Å². The Labute approximate surface area is 140 Å². The van der Waals surface area contributed by atoms with Crippen LogP contribution in [-0.2, 0) is 0 Å². The molecule has 118 valence electrons. The first-order chi connectivity index (χ1) is 10.8. The number of aromatic nitrogens is 2. The highest BCUT2D eigenvalue weighted by molar-refractivity contribution is 7.22. The fraction of sp³-hybridized carbons (Fsp3) is 0.625. The third-order valence-electron chi connectivity index (χ3n) is 4.84. The molecule has 0 radical (unpaired) electrons. The lowest BCUT2D eigenvalue weighted by Gasteiger charge is -2.40. The minimum absolute atomic E-state index is 0.687. The molecular formula is C16H21ClN4S. The van der Waals surface area contributed by atoms with Crippen LogP contribution in [0.15, 0.2) is 12.3 Å². The number of hydrogen-bond acceptors (Lipinski definition) is 5. The number of fused-ring (bicyclic) bond motifs is 1. The van der Waals surface area contributed by atoms with Crippen molar-refractivity contribution in [3.05, 3.63) is 17.3 Å². The fourth-order valence-electron chi connectivity index (χ4n) is 3.63. The smallest absolute Gasteiger partial charge is 0.188 e. The quantitative estimate of drug-likeness (QED) is 0.835. The van der Waals surface area contributed by atoms with Gasteiger partial charge in [-0.3, -0.25) is 0 Å². The molecule has 2 aromatic heterocycles. The molecule has 0 aromatic carbocycles. The van der Waals surface area contributed by atoms with E-state index in [4.69, 9.17) is 11.6 Å². The Balaban J connectivity index is 1.43. The van der Waals surface area contributed by atoms with Gasteiger partial charge in [0.15, 0.2) is 10.8 Å². The number of piperidine rings is 2. The van der Waals surface area contributed by atoms with Gasteiger partial charge in [-0.25, -0.2) is 4.98 Å². The number of thiazole rings is 1. The molecule has 0 aliphatic carbocycles. The summed E-state index contributed by atoms with van der Waals surface area (Å²) in [6.07, 6.45) is 8.36. The molecule has 0 N–H and O–H groups in total. The van der Waals surface area contributed by atoms with E-state index in [0.29, 0.717) is 5.02 Å². The summed E-state index contributed by atoms with van der Waals surface area (Å²) in [7, 11) is 0. The van der Waals surface area contributed by atoms with Gasteiger partial charge in [0.1, 0.15) is 0 Å². The maximum Gasteiger partial charge on any atom is 0.188 e. The SMILES string of the molecule is Clc1cnc2nc(N3CCC(N4CCCCC4)CC3)sc2c1. The zero-order valence-corrected chi connectivity index (χ0v) is 14.2. The molecule has 2 aliphatic rings. The van der Waals surface area contributed by atoms with Crippen molar-refractivity contribution < 1.29 is 0 Å². The summed E-state index contributed by atoms with van der Waals surface area (Å²) in [4.78, 5) is 14.1. The third kappa shape index (κ3) is 2.94. The largest absolute Gasteiger partial charge is 0.348 e. The highest BCUT2D eigenvalue weighted by atomic mass is 35.5. The third-order valence-corrected chi connectivity index (χ3v) is 6.10. The van der Waals surface area contributed by atoms with Crippen LogP contribution in [0.1, 0.15) is 32.1 Å². The standard InChI is InChI=1S/C16H21ClN4S/c17-12-10-14-15(18-11-12)19-16(22-14)21-8-4-13(5-9-21)20-6-2-1-3-7-20/h10-11,13H,1-9H2. The van der Waals surface area contributed by atoms with Gasteiger partial charge in [0.25, 0.3) is 0 Å². The number of halogens is 1. The van der Waals surface area contributed by atoms with Crippen LogP contribution >= 0.6 is 22.9 Å². The molecule has 6 heteroatoms. The molecule has 0 spiro atoms. The molecule has 0 bridgehead atoms. The molecule has 2 aromatic rings. The second kappa shape index (κ2) is 6.30. The predicted molar refractivity (Wildman–Crippen MR) is 93.1 cm³/mol. The van der Waals surface area contributed by atoms with E-state index < -0.39 is 0 Å². The fourth-order valence-corrected chi connectivity index (χ4v) is 4.86. The molecule has 2 aliphatic heterocycles. The summed E-state index contributed by atoms with van der Waals surface area (Å²) in [6.45, 7) is 4.81. The number of nitrogens with zero attached hydrogens (tertiary/aromatic N) is 4. The van der Waals surface area contributed by atoms with Gasteiger partial charge in [-0.1, -0.05) is 29.4 Å². The zero-order valence-electron chi connectivity index (χ0n) is 12.7. The Hall–Kier alpha value is -0.910. The van der Waals surface area contributed by atoms with E-state index in [1.807, 2.05) is 6.07 Å². The molecule has 0 atom stereocenters. The van der Waals surface area contributed by atoms with Crippen LogP contribution in [0.3, 0.4) is 0 Å². The van der Waals surface area contributed by atoms with Crippen molar-refractivity contribution in [1.29, 1.82) is 0 Å². The predicted octanol–water partition coefficient (Wildman–Crippen LogP) is 3.80. The van der Waals surface area contributed by atoms with Crippen LogP contribution in [0.4, 0.5) is 5.13 Å². The summed E-state index contributed by atoms with van der Waals surface area (Å²) < 4.78 is 1.08. The Morgan fingerprint density at radius 1 is 1.09 bits per heavy atom.